The van der Waals surface area contributed by atoms with Gasteiger partial charge < -0.3 is 20.7 Å². The molecule has 2 amide bonds. The van der Waals surface area contributed by atoms with Crippen molar-refractivity contribution in [2.75, 3.05) is 50.0 Å². The minimum absolute atomic E-state index is 0.108. The first-order valence-electron chi connectivity index (χ1n) is 9.29. The van der Waals surface area contributed by atoms with Gasteiger partial charge in [-0.3, -0.25) is 14.5 Å². The highest BCUT2D eigenvalue weighted by molar-refractivity contribution is 5.92. The number of amides is 2. The molecule has 0 aliphatic carbocycles. The number of hydrogen-bond acceptors (Lipinski definition) is 6. The van der Waals surface area contributed by atoms with Crippen molar-refractivity contribution in [2.24, 2.45) is 0 Å². The monoisotopic (exact) mass is 383 g/mol. The summed E-state index contributed by atoms with van der Waals surface area (Å²) >= 11 is 0. The normalized spacial score (nSPS) is 14.3. The molecule has 2 heterocycles. The van der Waals surface area contributed by atoms with Crippen LogP contribution in [-0.2, 0) is 9.53 Å². The Kier molecular flexibility index (Phi) is 6.94. The number of hydrogen-bond donors (Lipinski definition) is 3. The first-order chi connectivity index (χ1) is 13.6. The van der Waals surface area contributed by atoms with Gasteiger partial charge in [0.1, 0.15) is 5.69 Å². The van der Waals surface area contributed by atoms with Gasteiger partial charge in [0.2, 0.25) is 5.91 Å². The van der Waals surface area contributed by atoms with E-state index >= 15 is 0 Å². The van der Waals surface area contributed by atoms with Crippen LogP contribution in [0.1, 0.15) is 17.4 Å². The molecule has 0 saturated carbocycles. The van der Waals surface area contributed by atoms with Crippen LogP contribution in [-0.4, -0.2) is 61.1 Å². The summed E-state index contributed by atoms with van der Waals surface area (Å²) < 4.78 is 5.31. The van der Waals surface area contributed by atoms with Crippen molar-refractivity contribution in [3.05, 3.63) is 48.3 Å². The number of anilines is 3. The van der Waals surface area contributed by atoms with Gasteiger partial charge in [-0.2, -0.15) is 0 Å². The number of nitrogens with zero attached hydrogens (tertiary/aromatic N) is 2. The van der Waals surface area contributed by atoms with Gasteiger partial charge in [-0.05, 0) is 36.4 Å². The lowest BCUT2D eigenvalue weighted by Gasteiger charge is -2.26. The van der Waals surface area contributed by atoms with Gasteiger partial charge in [0.05, 0.1) is 25.1 Å². The van der Waals surface area contributed by atoms with E-state index in [2.05, 4.69) is 25.8 Å². The second-order valence-corrected chi connectivity index (χ2v) is 6.53. The summed E-state index contributed by atoms with van der Waals surface area (Å²) in [4.78, 5) is 29.8. The van der Waals surface area contributed by atoms with Gasteiger partial charge in [-0.25, -0.2) is 4.98 Å². The van der Waals surface area contributed by atoms with E-state index < -0.39 is 0 Å². The van der Waals surface area contributed by atoms with E-state index in [1.165, 1.54) is 6.92 Å². The van der Waals surface area contributed by atoms with Crippen LogP contribution < -0.4 is 16.0 Å². The number of carbonyl (C=O) groups excluding carboxylic acids is 2. The molecule has 1 saturated heterocycles. The highest BCUT2D eigenvalue weighted by Gasteiger charge is 2.11. The largest absolute Gasteiger partial charge is 0.379 e. The zero-order valence-electron chi connectivity index (χ0n) is 15.9. The SMILES string of the molecule is CC(=O)Nc1ccc(Nc2ccc(C(=O)NCCN3CCOCC3)nc2)cc1. The number of aromatic nitrogens is 1. The third-order valence-electron chi connectivity index (χ3n) is 4.31. The average molecular weight is 383 g/mol. The van der Waals surface area contributed by atoms with Crippen molar-refractivity contribution in [2.45, 2.75) is 6.92 Å². The first-order valence-corrected chi connectivity index (χ1v) is 9.29. The zero-order chi connectivity index (χ0) is 19.8. The Morgan fingerprint density at radius 2 is 1.71 bits per heavy atom. The molecule has 8 heteroatoms. The molecule has 2 aromatic rings. The molecule has 148 valence electrons. The lowest BCUT2D eigenvalue weighted by Crippen LogP contribution is -2.41. The van der Waals surface area contributed by atoms with E-state index in [4.69, 9.17) is 4.74 Å². The molecular formula is C20H25N5O3. The highest BCUT2D eigenvalue weighted by atomic mass is 16.5. The van der Waals surface area contributed by atoms with Crippen LogP contribution in [0.5, 0.6) is 0 Å². The van der Waals surface area contributed by atoms with Crippen molar-refractivity contribution in [3.63, 3.8) is 0 Å². The van der Waals surface area contributed by atoms with Gasteiger partial charge in [-0.1, -0.05) is 0 Å². The van der Waals surface area contributed by atoms with Crippen molar-refractivity contribution < 1.29 is 14.3 Å². The Morgan fingerprint density at radius 1 is 1.04 bits per heavy atom. The summed E-state index contributed by atoms with van der Waals surface area (Å²) in [6.07, 6.45) is 1.62. The summed E-state index contributed by atoms with van der Waals surface area (Å²) in [5.74, 6) is -0.289. The molecule has 0 unspecified atom stereocenters. The van der Waals surface area contributed by atoms with Crippen LogP contribution in [0.25, 0.3) is 0 Å². The molecule has 1 aliphatic rings. The Bertz CT molecular complexity index is 786. The minimum atomic E-state index is -0.181. The average Bonchev–Trinajstić information content (AvgIpc) is 2.70. The molecule has 1 aliphatic heterocycles. The van der Waals surface area contributed by atoms with E-state index in [9.17, 15) is 9.59 Å². The molecule has 1 aromatic carbocycles. The van der Waals surface area contributed by atoms with Crippen LogP contribution in [0, 0.1) is 0 Å². The Hall–Kier alpha value is -2.97. The summed E-state index contributed by atoms with van der Waals surface area (Å²) in [6, 6.07) is 10.8. The number of pyridine rings is 1. The van der Waals surface area contributed by atoms with Gasteiger partial charge in [-0.15, -0.1) is 0 Å². The number of rotatable bonds is 7. The summed E-state index contributed by atoms with van der Waals surface area (Å²) in [6.45, 7) is 6.17. The van der Waals surface area contributed by atoms with Crippen molar-refractivity contribution in [3.8, 4) is 0 Å². The number of ether oxygens (including phenoxy) is 1. The minimum Gasteiger partial charge on any atom is -0.379 e. The summed E-state index contributed by atoms with van der Waals surface area (Å²) in [5, 5.41) is 8.83. The number of nitrogens with one attached hydrogen (secondary N) is 3. The van der Waals surface area contributed by atoms with Gasteiger partial charge in [0.25, 0.3) is 5.91 Å². The molecule has 0 radical (unpaired) electrons. The molecule has 0 spiro atoms. The molecule has 1 aromatic heterocycles. The van der Waals surface area contributed by atoms with Gasteiger partial charge in [0.15, 0.2) is 0 Å². The second-order valence-electron chi connectivity index (χ2n) is 6.53. The van der Waals surface area contributed by atoms with Crippen molar-refractivity contribution >= 4 is 28.9 Å². The predicted octanol–water partition coefficient (Wildman–Crippen LogP) is 1.85. The standard InChI is InChI=1S/C20H25N5O3/c1-15(26)23-16-2-4-17(5-3-16)24-18-6-7-19(22-14-18)20(27)21-8-9-25-10-12-28-13-11-25/h2-7,14,24H,8-13H2,1H3,(H,21,27)(H,23,26). The fraction of sp³-hybridized carbons (Fsp3) is 0.350. The van der Waals surface area contributed by atoms with Crippen LogP contribution >= 0.6 is 0 Å². The van der Waals surface area contributed by atoms with Crippen LogP contribution in [0.4, 0.5) is 17.1 Å². The molecule has 0 atom stereocenters. The lowest BCUT2D eigenvalue weighted by molar-refractivity contribution is -0.114. The number of benzene rings is 1. The van der Waals surface area contributed by atoms with Crippen LogP contribution in [0.3, 0.4) is 0 Å². The maximum Gasteiger partial charge on any atom is 0.269 e. The van der Waals surface area contributed by atoms with Gasteiger partial charge >= 0.3 is 0 Å². The van der Waals surface area contributed by atoms with Gasteiger partial charge in [0, 0.05) is 44.5 Å². The lowest BCUT2D eigenvalue weighted by atomic mass is 10.2. The van der Waals surface area contributed by atoms with Crippen molar-refractivity contribution in [1.29, 1.82) is 0 Å². The Labute approximate surface area is 164 Å². The van der Waals surface area contributed by atoms with Crippen LogP contribution in [0.15, 0.2) is 42.6 Å². The summed E-state index contributed by atoms with van der Waals surface area (Å²) in [7, 11) is 0. The fourth-order valence-electron chi connectivity index (χ4n) is 2.85. The highest BCUT2D eigenvalue weighted by Crippen LogP contribution is 2.18. The van der Waals surface area contributed by atoms with E-state index in [0.717, 1.165) is 49.9 Å². The van der Waals surface area contributed by atoms with E-state index in [-0.39, 0.29) is 11.8 Å². The van der Waals surface area contributed by atoms with Crippen molar-refractivity contribution in [1.82, 2.24) is 15.2 Å². The molecule has 8 nitrogen and oxygen atoms in total. The molecule has 1 fully saturated rings. The van der Waals surface area contributed by atoms with E-state index in [0.29, 0.717) is 12.2 Å². The molecule has 28 heavy (non-hydrogen) atoms. The quantitative estimate of drug-likeness (QED) is 0.675. The molecule has 3 N–H and O–H groups in total. The smallest absolute Gasteiger partial charge is 0.269 e. The molecule has 3 rings (SSSR count). The fourth-order valence-corrected chi connectivity index (χ4v) is 2.85. The third-order valence-corrected chi connectivity index (χ3v) is 4.31. The second kappa shape index (κ2) is 9.82. The van der Waals surface area contributed by atoms with Crippen LogP contribution in [0.2, 0.25) is 0 Å². The predicted molar refractivity (Wildman–Crippen MR) is 108 cm³/mol. The maximum absolute atomic E-state index is 12.2. The Morgan fingerprint density at radius 3 is 2.36 bits per heavy atom. The number of carbonyl (C=O) groups is 2. The first kappa shape index (κ1) is 19.8. The molecule has 0 bridgehead atoms. The zero-order valence-corrected chi connectivity index (χ0v) is 15.9. The molecular weight excluding hydrogens is 358 g/mol. The van der Waals surface area contributed by atoms with E-state index in [1.54, 1.807) is 12.3 Å². The maximum atomic E-state index is 12.2. The third kappa shape index (κ3) is 6.04. The summed E-state index contributed by atoms with van der Waals surface area (Å²) in [5.41, 5.74) is 2.75. The Balaban J connectivity index is 1.47. The topological polar surface area (TPSA) is 95.6 Å². The number of morpholine rings is 1. The van der Waals surface area contributed by atoms with E-state index in [1.807, 2.05) is 30.3 Å².